The molecule has 0 unspecified atom stereocenters. The zero-order valence-corrected chi connectivity index (χ0v) is 15.6. The van der Waals surface area contributed by atoms with Gasteiger partial charge in [-0.15, -0.1) is 10.2 Å². The van der Waals surface area contributed by atoms with E-state index in [1.165, 1.54) is 11.8 Å². The van der Waals surface area contributed by atoms with Gasteiger partial charge in [-0.3, -0.25) is 4.79 Å². The molecule has 0 spiro atoms. The van der Waals surface area contributed by atoms with Crippen molar-refractivity contribution >= 4 is 23.4 Å². The van der Waals surface area contributed by atoms with E-state index in [1.54, 1.807) is 25.1 Å². The Kier molecular flexibility index (Phi) is 4.72. The predicted octanol–water partition coefficient (Wildman–Crippen LogP) is 3.89. The first-order valence-corrected chi connectivity index (χ1v) is 9.24. The Balaban J connectivity index is 1.40. The summed E-state index contributed by atoms with van der Waals surface area (Å²) in [4.78, 5) is 12.4. The van der Waals surface area contributed by atoms with Crippen LogP contribution in [0.15, 0.2) is 52.1 Å². The monoisotopic (exact) mass is 383 g/mol. The van der Waals surface area contributed by atoms with E-state index in [4.69, 9.17) is 13.9 Å². The van der Waals surface area contributed by atoms with Crippen molar-refractivity contribution in [3.8, 4) is 23.0 Å². The topological polar surface area (TPSA) is 86.5 Å². The molecule has 1 aromatic heterocycles. The minimum atomic E-state index is -0.416. The predicted molar refractivity (Wildman–Crippen MR) is 101 cm³/mol. The summed E-state index contributed by atoms with van der Waals surface area (Å²) in [6.07, 6.45) is 0. The van der Waals surface area contributed by atoms with E-state index < -0.39 is 5.25 Å². The second-order valence-corrected chi connectivity index (χ2v) is 7.35. The highest BCUT2D eigenvalue weighted by atomic mass is 32.2. The molecule has 1 N–H and O–H groups in total. The van der Waals surface area contributed by atoms with Gasteiger partial charge in [0.05, 0.1) is 5.25 Å². The Morgan fingerprint density at radius 3 is 2.85 bits per heavy atom. The van der Waals surface area contributed by atoms with Crippen molar-refractivity contribution in [2.45, 2.75) is 24.3 Å². The minimum absolute atomic E-state index is 0.172. The van der Waals surface area contributed by atoms with Crippen LogP contribution in [0.25, 0.3) is 11.5 Å². The number of hydrogen-bond donors (Lipinski definition) is 1. The smallest absolute Gasteiger partial charge is 0.277 e. The molecule has 0 bridgehead atoms. The molecule has 3 aromatic rings. The molecule has 1 atom stereocenters. The van der Waals surface area contributed by atoms with Crippen LogP contribution in [0.5, 0.6) is 11.5 Å². The number of carbonyl (C=O) groups excluding carboxylic acids is 1. The number of aryl methyl sites for hydroxylation is 1. The summed E-state index contributed by atoms with van der Waals surface area (Å²) >= 11 is 1.21. The van der Waals surface area contributed by atoms with Crippen molar-refractivity contribution in [2.75, 3.05) is 12.1 Å². The second-order valence-electron chi connectivity index (χ2n) is 6.06. The van der Waals surface area contributed by atoms with Gasteiger partial charge in [0, 0.05) is 17.3 Å². The molecule has 4 rings (SSSR count). The third kappa shape index (κ3) is 3.90. The maximum Gasteiger partial charge on any atom is 0.277 e. The summed E-state index contributed by atoms with van der Waals surface area (Å²) in [5.74, 6) is 1.55. The van der Waals surface area contributed by atoms with Crippen molar-refractivity contribution in [3.05, 3.63) is 48.0 Å². The third-order valence-electron chi connectivity index (χ3n) is 3.96. The molecule has 2 heterocycles. The van der Waals surface area contributed by atoms with Gasteiger partial charge < -0.3 is 19.2 Å². The van der Waals surface area contributed by atoms with E-state index in [0.717, 1.165) is 11.1 Å². The number of nitrogens with zero attached hydrogens (tertiary/aromatic N) is 2. The number of hydrogen-bond acceptors (Lipinski definition) is 7. The maximum atomic E-state index is 12.4. The molecule has 0 saturated heterocycles. The lowest BCUT2D eigenvalue weighted by Gasteiger charge is -2.10. The fourth-order valence-corrected chi connectivity index (χ4v) is 3.26. The van der Waals surface area contributed by atoms with Crippen LogP contribution in [0.2, 0.25) is 0 Å². The summed E-state index contributed by atoms with van der Waals surface area (Å²) in [5.41, 5.74) is 2.60. The molecule has 1 aliphatic heterocycles. The molecule has 0 radical (unpaired) electrons. The summed E-state index contributed by atoms with van der Waals surface area (Å²) in [6, 6.07) is 13.1. The Hall–Kier alpha value is -3.00. The number of fused-ring (bicyclic) bond motifs is 1. The van der Waals surface area contributed by atoms with Crippen LogP contribution in [-0.4, -0.2) is 28.1 Å². The molecule has 0 fully saturated rings. The highest BCUT2D eigenvalue weighted by Crippen LogP contribution is 2.34. The van der Waals surface area contributed by atoms with Gasteiger partial charge in [-0.25, -0.2) is 0 Å². The average Bonchev–Trinajstić information content (AvgIpc) is 3.30. The van der Waals surface area contributed by atoms with Crippen LogP contribution in [0, 0.1) is 6.92 Å². The van der Waals surface area contributed by atoms with Gasteiger partial charge in [-0.1, -0.05) is 29.5 Å². The molecule has 27 heavy (non-hydrogen) atoms. The number of benzene rings is 2. The van der Waals surface area contributed by atoms with Crippen LogP contribution in [-0.2, 0) is 4.79 Å². The largest absolute Gasteiger partial charge is 0.454 e. The van der Waals surface area contributed by atoms with Crippen molar-refractivity contribution in [1.29, 1.82) is 0 Å². The number of ether oxygens (including phenoxy) is 2. The van der Waals surface area contributed by atoms with E-state index in [9.17, 15) is 4.79 Å². The highest BCUT2D eigenvalue weighted by Gasteiger charge is 2.20. The second kappa shape index (κ2) is 7.32. The van der Waals surface area contributed by atoms with E-state index >= 15 is 0 Å². The highest BCUT2D eigenvalue weighted by molar-refractivity contribution is 8.00. The first-order chi connectivity index (χ1) is 13.1. The number of nitrogens with one attached hydrogen (secondary N) is 1. The Morgan fingerprint density at radius 1 is 1.15 bits per heavy atom. The molecule has 0 aliphatic carbocycles. The van der Waals surface area contributed by atoms with Crippen molar-refractivity contribution in [1.82, 2.24) is 10.2 Å². The van der Waals surface area contributed by atoms with Crippen molar-refractivity contribution in [2.24, 2.45) is 0 Å². The van der Waals surface area contributed by atoms with E-state index in [2.05, 4.69) is 15.5 Å². The zero-order chi connectivity index (χ0) is 18.8. The molecule has 1 amide bonds. The van der Waals surface area contributed by atoms with Gasteiger partial charge in [-0.05, 0) is 38.1 Å². The first-order valence-electron chi connectivity index (χ1n) is 8.36. The van der Waals surface area contributed by atoms with Crippen molar-refractivity contribution < 1.29 is 18.7 Å². The number of carbonyl (C=O) groups is 1. The SMILES string of the molecule is Cc1cccc(-c2nnc(S[C@H](C)C(=O)Nc3ccc4c(c3)OCO4)o2)c1. The van der Waals surface area contributed by atoms with Crippen molar-refractivity contribution in [3.63, 3.8) is 0 Å². The van der Waals surface area contributed by atoms with Gasteiger partial charge in [0.2, 0.25) is 18.6 Å². The number of aromatic nitrogens is 2. The molecule has 138 valence electrons. The van der Waals surface area contributed by atoms with Gasteiger partial charge in [0.15, 0.2) is 11.5 Å². The number of amides is 1. The number of thioether (sulfide) groups is 1. The van der Waals surface area contributed by atoms with Crippen LogP contribution in [0.3, 0.4) is 0 Å². The Bertz CT molecular complexity index is 989. The van der Waals surface area contributed by atoms with Crippen LogP contribution in [0.1, 0.15) is 12.5 Å². The Labute approximate surface area is 160 Å². The van der Waals surface area contributed by atoms with Gasteiger partial charge in [-0.2, -0.15) is 0 Å². The lowest BCUT2D eigenvalue weighted by molar-refractivity contribution is -0.115. The quantitative estimate of drug-likeness (QED) is 0.669. The third-order valence-corrected chi connectivity index (χ3v) is 4.89. The van der Waals surface area contributed by atoms with Crippen LogP contribution >= 0.6 is 11.8 Å². The molecule has 0 saturated carbocycles. The molecule has 7 nitrogen and oxygen atoms in total. The van der Waals surface area contributed by atoms with Gasteiger partial charge >= 0.3 is 0 Å². The molecular weight excluding hydrogens is 366 g/mol. The minimum Gasteiger partial charge on any atom is -0.454 e. The Morgan fingerprint density at radius 2 is 2.00 bits per heavy atom. The van der Waals surface area contributed by atoms with Crippen LogP contribution in [0.4, 0.5) is 5.69 Å². The van der Waals surface area contributed by atoms with E-state index in [0.29, 0.717) is 28.3 Å². The lowest BCUT2D eigenvalue weighted by Crippen LogP contribution is -2.22. The fourth-order valence-electron chi connectivity index (χ4n) is 2.58. The number of rotatable bonds is 5. The number of anilines is 1. The standard InChI is InChI=1S/C19H17N3O4S/c1-11-4-3-5-13(8-11)18-21-22-19(26-18)27-12(2)17(23)20-14-6-7-15-16(9-14)25-10-24-15/h3-9,12H,10H2,1-2H3,(H,20,23)/t12-/m1/s1. The lowest BCUT2D eigenvalue weighted by atomic mass is 10.1. The molecular formula is C19H17N3O4S. The maximum absolute atomic E-state index is 12.4. The van der Waals surface area contributed by atoms with E-state index in [1.807, 2.05) is 31.2 Å². The summed E-state index contributed by atoms with van der Waals surface area (Å²) in [5, 5.41) is 10.9. The summed E-state index contributed by atoms with van der Waals surface area (Å²) in [7, 11) is 0. The van der Waals surface area contributed by atoms with Crippen LogP contribution < -0.4 is 14.8 Å². The molecule has 8 heteroatoms. The van der Waals surface area contributed by atoms with Gasteiger partial charge in [0.25, 0.3) is 5.22 Å². The van der Waals surface area contributed by atoms with Gasteiger partial charge in [0.1, 0.15) is 0 Å². The normalized spacial score (nSPS) is 13.4. The zero-order valence-electron chi connectivity index (χ0n) is 14.8. The molecule has 2 aromatic carbocycles. The van der Waals surface area contributed by atoms with E-state index in [-0.39, 0.29) is 12.7 Å². The fraction of sp³-hybridized carbons (Fsp3) is 0.211. The average molecular weight is 383 g/mol. The first kappa shape index (κ1) is 17.4. The summed E-state index contributed by atoms with van der Waals surface area (Å²) in [6.45, 7) is 3.97. The summed E-state index contributed by atoms with van der Waals surface area (Å²) < 4.78 is 16.3. The molecule has 1 aliphatic rings.